The minimum atomic E-state index is -0.0517. The number of H-pyrrole nitrogens is 1. The number of rotatable bonds is 9. The Morgan fingerprint density at radius 2 is 2.13 bits per heavy atom. The molecule has 2 heterocycles. The molecule has 1 N–H and O–H groups in total. The third-order valence-electron chi connectivity index (χ3n) is 5.23. The fourth-order valence-corrected chi connectivity index (χ4v) is 5.84. The molecule has 2 aromatic heterocycles. The summed E-state index contributed by atoms with van der Waals surface area (Å²) >= 11 is 8.96. The van der Waals surface area contributed by atoms with Crippen molar-refractivity contribution in [2.75, 3.05) is 26.0 Å². The summed E-state index contributed by atoms with van der Waals surface area (Å²) in [7, 11) is 1.80. The van der Waals surface area contributed by atoms with Gasteiger partial charge in [-0.3, -0.25) is 9.59 Å². The average Bonchev–Trinajstić information content (AvgIpc) is 3.33. The van der Waals surface area contributed by atoms with Gasteiger partial charge in [-0.05, 0) is 55.5 Å². The van der Waals surface area contributed by atoms with Crippen molar-refractivity contribution in [1.29, 1.82) is 0 Å². The topological polar surface area (TPSA) is 75.3 Å². The van der Waals surface area contributed by atoms with Gasteiger partial charge in [0.05, 0.1) is 23.5 Å². The summed E-state index contributed by atoms with van der Waals surface area (Å²) in [4.78, 5) is 36.2. The summed E-state index contributed by atoms with van der Waals surface area (Å²) in [6.45, 7) is 1.15. The Bertz CT molecular complexity index is 1130. The molecular formula is C22H24ClN3O3S2. The summed E-state index contributed by atoms with van der Waals surface area (Å²) in [5, 5.41) is 1.44. The van der Waals surface area contributed by atoms with Crippen LogP contribution in [0.15, 0.2) is 29.1 Å². The van der Waals surface area contributed by atoms with E-state index in [1.165, 1.54) is 22.2 Å². The lowest BCUT2D eigenvalue weighted by atomic mass is 10.2. The fraction of sp³-hybridized carbons (Fsp3) is 0.409. The van der Waals surface area contributed by atoms with Gasteiger partial charge in [0.25, 0.3) is 5.56 Å². The first-order chi connectivity index (χ1) is 15.0. The molecule has 0 aliphatic heterocycles. The number of benzene rings is 1. The van der Waals surface area contributed by atoms with Crippen LogP contribution in [0.5, 0.6) is 5.75 Å². The van der Waals surface area contributed by atoms with Gasteiger partial charge in [-0.1, -0.05) is 11.6 Å². The summed E-state index contributed by atoms with van der Waals surface area (Å²) in [5.74, 6) is 2.30. The first-order valence-corrected chi connectivity index (χ1v) is 12.6. The molecule has 0 saturated heterocycles. The molecule has 0 radical (unpaired) electrons. The summed E-state index contributed by atoms with van der Waals surface area (Å²) in [6, 6.07) is 7.23. The van der Waals surface area contributed by atoms with Gasteiger partial charge in [0, 0.05) is 23.5 Å². The van der Waals surface area contributed by atoms with Crippen LogP contribution in [0.2, 0.25) is 5.02 Å². The second-order valence-electron chi connectivity index (χ2n) is 7.51. The van der Waals surface area contributed by atoms with Gasteiger partial charge >= 0.3 is 0 Å². The molecule has 1 aliphatic rings. The van der Waals surface area contributed by atoms with E-state index < -0.39 is 0 Å². The van der Waals surface area contributed by atoms with Crippen molar-refractivity contribution in [3.8, 4) is 5.75 Å². The number of thiophene rings is 1. The molecule has 0 saturated carbocycles. The number of hydrogen-bond acceptors (Lipinski definition) is 6. The first kappa shape index (κ1) is 22.2. The quantitative estimate of drug-likeness (QED) is 0.465. The van der Waals surface area contributed by atoms with Gasteiger partial charge in [-0.2, -0.15) is 0 Å². The number of nitrogens with one attached hydrogen (secondary N) is 1. The number of aromatic nitrogens is 2. The van der Waals surface area contributed by atoms with Crippen molar-refractivity contribution in [2.45, 2.75) is 31.4 Å². The SMILES string of the molecule is CN(CCCOc1ccc(Cl)cc1)C(=O)CSCc1nc2sc3c(c2c(=O)[nH]1)CCC3. The number of ether oxygens (including phenoxy) is 1. The highest BCUT2D eigenvalue weighted by molar-refractivity contribution is 7.99. The maximum atomic E-state index is 12.5. The van der Waals surface area contributed by atoms with Crippen LogP contribution in [-0.4, -0.2) is 46.7 Å². The Kier molecular flexibility index (Phi) is 7.20. The molecule has 0 fully saturated rings. The number of hydrogen-bond donors (Lipinski definition) is 1. The van der Waals surface area contributed by atoms with Crippen LogP contribution in [-0.2, 0) is 23.4 Å². The molecule has 31 heavy (non-hydrogen) atoms. The third kappa shape index (κ3) is 5.42. The van der Waals surface area contributed by atoms with E-state index in [1.807, 2.05) is 12.1 Å². The Morgan fingerprint density at radius 3 is 2.94 bits per heavy atom. The van der Waals surface area contributed by atoms with E-state index in [2.05, 4.69) is 9.97 Å². The lowest BCUT2D eigenvalue weighted by molar-refractivity contribution is -0.127. The van der Waals surface area contributed by atoms with Crippen LogP contribution >= 0.6 is 34.7 Å². The van der Waals surface area contributed by atoms with Crippen molar-refractivity contribution < 1.29 is 9.53 Å². The number of thioether (sulfide) groups is 1. The molecule has 1 aromatic carbocycles. The lowest BCUT2D eigenvalue weighted by Gasteiger charge is -2.17. The molecule has 1 aliphatic carbocycles. The third-order valence-corrected chi connectivity index (χ3v) is 7.60. The second-order valence-corrected chi connectivity index (χ2v) is 10.0. The number of carbonyl (C=O) groups is 1. The van der Waals surface area contributed by atoms with Gasteiger partial charge in [-0.15, -0.1) is 23.1 Å². The maximum Gasteiger partial charge on any atom is 0.259 e. The summed E-state index contributed by atoms with van der Waals surface area (Å²) in [5.41, 5.74) is 1.13. The molecule has 0 unspecified atom stereocenters. The number of halogens is 1. The van der Waals surface area contributed by atoms with Crippen LogP contribution in [0.25, 0.3) is 10.2 Å². The molecule has 0 bridgehead atoms. The van der Waals surface area contributed by atoms with Crippen LogP contribution in [0.4, 0.5) is 0 Å². The van der Waals surface area contributed by atoms with Crippen LogP contribution in [0.1, 0.15) is 29.1 Å². The minimum Gasteiger partial charge on any atom is -0.494 e. The molecule has 0 spiro atoms. The normalized spacial score (nSPS) is 12.8. The van der Waals surface area contributed by atoms with Crippen molar-refractivity contribution in [1.82, 2.24) is 14.9 Å². The van der Waals surface area contributed by atoms with E-state index in [9.17, 15) is 9.59 Å². The van der Waals surface area contributed by atoms with E-state index >= 15 is 0 Å². The molecule has 3 aromatic rings. The minimum absolute atomic E-state index is 0.0509. The first-order valence-electron chi connectivity index (χ1n) is 10.2. The molecule has 0 atom stereocenters. The van der Waals surface area contributed by atoms with Crippen LogP contribution in [0.3, 0.4) is 0 Å². The van der Waals surface area contributed by atoms with E-state index in [1.54, 1.807) is 35.4 Å². The number of nitrogens with zero attached hydrogens (tertiary/aromatic N) is 2. The average molecular weight is 478 g/mol. The second kappa shape index (κ2) is 10.1. The number of carbonyl (C=O) groups excluding carboxylic acids is 1. The Morgan fingerprint density at radius 1 is 1.32 bits per heavy atom. The van der Waals surface area contributed by atoms with E-state index in [0.29, 0.717) is 35.5 Å². The smallest absolute Gasteiger partial charge is 0.259 e. The van der Waals surface area contributed by atoms with Crippen LogP contribution < -0.4 is 10.3 Å². The maximum absolute atomic E-state index is 12.5. The van der Waals surface area contributed by atoms with Crippen molar-refractivity contribution >= 4 is 50.8 Å². The predicted octanol–water partition coefficient (Wildman–Crippen LogP) is 4.29. The predicted molar refractivity (Wildman–Crippen MR) is 128 cm³/mol. The molecular weight excluding hydrogens is 454 g/mol. The van der Waals surface area contributed by atoms with Crippen molar-refractivity contribution in [3.63, 3.8) is 0 Å². The van der Waals surface area contributed by atoms with Crippen LogP contribution in [0, 0.1) is 0 Å². The molecule has 164 valence electrons. The number of aromatic amines is 1. The van der Waals surface area contributed by atoms with Crippen molar-refractivity contribution in [3.05, 3.63) is 55.9 Å². The number of aryl methyl sites for hydroxylation is 2. The zero-order valence-electron chi connectivity index (χ0n) is 17.3. The highest BCUT2D eigenvalue weighted by atomic mass is 35.5. The van der Waals surface area contributed by atoms with E-state index in [0.717, 1.165) is 41.6 Å². The fourth-order valence-electron chi connectivity index (χ4n) is 3.61. The molecule has 6 nitrogen and oxygen atoms in total. The summed E-state index contributed by atoms with van der Waals surface area (Å²) in [6.07, 6.45) is 3.88. The monoisotopic (exact) mass is 477 g/mol. The van der Waals surface area contributed by atoms with E-state index in [-0.39, 0.29) is 11.5 Å². The highest BCUT2D eigenvalue weighted by Gasteiger charge is 2.21. The molecule has 4 rings (SSSR count). The zero-order valence-corrected chi connectivity index (χ0v) is 19.7. The van der Waals surface area contributed by atoms with E-state index in [4.69, 9.17) is 16.3 Å². The highest BCUT2D eigenvalue weighted by Crippen LogP contribution is 2.34. The van der Waals surface area contributed by atoms with Gasteiger partial charge in [0.1, 0.15) is 16.4 Å². The molecule has 1 amide bonds. The standard InChI is InChI=1S/C22H24ClN3O3S2/c1-26(10-3-11-29-15-8-6-14(23)7-9-15)19(27)13-30-12-18-24-21(28)20-16-4-2-5-17(16)31-22(20)25-18/h6-9H,2-5,10-13H2,1H3,(H,24,25,28). The Balaban J connectivity index is 1.20. The van der Waals surface area contributed by atoms with Crippen molar-refractivity contribution in [2.24, 2.45) is 0 Å². The number of amides is 1. The van der Waals surface area contributed by atoms with Gasteiger partial charge < -0.3 is 14.6 Å². The molecule has 9 heteroatoms. The van der Waals surface area contributed by atoms with Gasteiger partial charge in [0.2, 0.25) is 5.91 Å². The van der Waals surface area contributed by atoms with Gasteiger partial charge in [0.15, 0.2) is 0 Å². The zero-order chi connectivity index (χ0) is 21.8. The lowest BCUT2D eigenvalue weighted by Crippen LogP contribution is -2.30. The Labute approximate surface area is 194 Å². The largest absolute Gasteiger partial charge is 0.494 e. The number of fused-ring (bicyclic) bond motifs is 3. The Hall–Kier alpha value is -2.03. The summed E-state index contributed by atoms with van der Waals surface area (Å²) < 4.78 is 5.66. The van der Waals surface area contributed by atoms with Gasteiger partial charge in [-0.25, -0.2) is 4.98 Å².